The third-order valence-electron chi connectivity index (χ3n) is 1.16. The van der Waals surface area contributed by atoms with E-state index in [4.69, 9.17) is 0 Å². The van der Waals surface area contributed by atoms with Gasteiger partial charge < -0.3 is 0 Å². The highest BCUT2D eigenvalue weighted by Crippen LogP contribution is 2.01. The van der Waals surface area contributed by atoms with Gasteiger partial charge >= 0.3 is 0 Å². The molecule has 0 unspecified atom stereocenters. The zero-order chi connectivity index (χ0) is 7.11. The molecule has 0 aromatic carbocycles. The molecule has 0 saturated heterocycles. The van der Waals surface area contributed by atoms with Crippen LogP contribution in [-0.4, -0.2) is 13.3 Å². The van der Waals surface area contributed by atoms with E-state index in [0.717, 1.165) is 12.0 Å². The summed E-state index contributed by atoms with van der Waals surface area (Å²) < 4.78 is 0. The van der Waals surface area contributed by atoms with Gasteiger partial charge in [-0.1, -0.05) is 19.9 Å². The number of hydrogen-bond donors (Lipinski definition) is 0. The van der Waals surface area contributed by atoms with Gasteiger partial charge in [-0.3, -0.25) is 4.99 Å². The average molecular weight is 125 g/mol. The van der Waals surface area contributed by atoms with Crippen molar-refractivity contribution < 1.29 is 0 Å². The molecule has 0 amide bonds. The molecule has 0 aliphatic carbocycles. The highest BCUT2D eigenvalue weighted by molar-refractivity contribution is 5.77. The fraction of sp³-hybridized carbons (Fsp3) is 0.625. The standard InChI is InChI=1S/C8H15N/c1-4-5-6-8(2)7-9-3/h7H,2,4-6H2,1,3H3. The molecule has 0 fully saturated rings. The SMILES string of the molecule is C=C(C=NC)CCCC. The lowest BCUT2D eigenvalue weighted by Gasteiger charge is -1.93. The van der Waals surface area contributed by atoms with Crippen LogP contribution in [-0.2, 0) is 0 Å². The van der Waals surface area contributed by atoms with E-state index in [1.54, 1.807) is 7.05 Å². The second-order valence-electron chi connectivity index (χ2n) is 2.15. The molecule has 0 atom stereocenters. The second kappa shape index (κ2) is 5.54. The average Bonchev–Trinajstić information content (AvgIpc) is 1.85. The van der Waals surface area contributed by atoms with E-state index in [2.05, 4.69) is 18.5 Å². The third-order valence-corrected chi connectivity index (χ3v) is 1.16. The number of unbranched alkanes of at least 4 members (excludes halogenated alkanes) is 1. The van der Waals surface area contributed by atoms with Crippen LogP contribution in [0, 0.1) is 0 Å². The first kappa shape index (κ1) is 8.41. The molecular formula is C8H15N. The maximum absolute atomic E-state index is 3.86. The van der Waals surface area contributed by atoms with Crippen LogP contribution < -0.4 is 0 Å². The third kappa shape index (κ3) is 5.28. The van der Waals surface area contributed by atoms with Crippen molar-refractivity contribution in [3.63, 3.8) is 0 Å². The van der Waals surface area contributed by atoms with Gasteiger partial charge in [0.1, 0.15) is 0 Å². The van der Waals surface area contributed by atoms with Gasteiger partial charge in [0, 0.05) is 13.3 Å². The Balaban J connectivity index is 3.27. The maximum Gasteiger partial charge on any atom is 0.0277 e. The van der Waals surface area contributed by atoms with Crippen molar-refractivity contribution in [1.29, 1.82) is 0 Å². The summed E-state index contributed by atoms with van der Waals surface area (Å²) in [4.78, 5) is 3.86. The summed E-state index contributed by atoms with van der Waals surface area (Å²) in [7, 11) is 1.77. The van der Waals surface area contributed by atoms with Crippen LogP contribution in [0.25, 0.3) is 0 Å². The van der Waals surface area contributed by atoms with Crippen LogP contribution in [0.15, 0.2) is 17.1 Å². The molecule has 0 spiro atoms. The largest absolute Gasteiger partial charge is 0.296 e. The Kier molecular flexibility index (Phi) is 5.18. The summed E-state index contributed by atoms with van der Waals surface area (Å²) in [6.07, 6.45) is 5.38. The minimum atomic E-state index is 1.09. The van der Waals surface area contributed by atoms with Crippen molar-refractivity contribution in [3.05, 3.63) is 12.2 Å². The zero-order valence-corrected chi connectivity index (χ0v) is 6.35. The fourth-order valence-corrected chi connectivity index (χ4v) is 0.651. The molecule has 0 bridgehead atoms. The Morgan fingerprint density at radius 1 is 1.67 bits per heavy atom. The highest BCUT2D eigenvalue weighted by Gasteiger charge is 1.86. The predicted octanol–water partition coefficient (Wildman–Crippen LogP) is 2.43. The van der Waals surface area contributed by atoms with Gasteiger partial charge in [0.2, 0.25) is 0 Å². The quantitative estimate of drug-likeness (QED) is 0.512. The minimum Gasteiger partial charge on any atom is -0.296 e. The Labute approximate surface area is 57.5 Å². The number of nitrogens with zero attached hydrogens (tertiary/aromatic N) is 1. The summed E-state index contributed by atoms with van der Waals surface area (Å²) in [5.74, 6) is 0. The number of rotatable bonds is 4. The summed E-state index contributed by atoms with van der Waals surface area (Å²) in [5.41, 5.74) is 1.14. The Morgan fingerprint density at radius 2 is 2.33 bits per heavy atom. The summed E-state index contributed by atoms with van der Waals surface area (Å²) in [5, 5.41) is 0. The van der Waals surface area contributed by atoms with Gasteiger partial charge in [-0.05, 0) is 18.4 Å². The Bertz CT molecular complexity index is 103. The predicted molar refractivity (Wildman–Crippen MR) is 43.1 cm³/mol. The van der Waals surface area contributed by atoms with Gasteiger partial charge in [0.05, 0.1) is 0 Å². The van der Waals surface area contributed by atoms with E-state index < -0.39 is 0 Å². The summed E-state index contributed by atoms with van der Waals surface area (Å²) in [6, 6.07) is 0. The Hall–Kier alpha value is -0.590. The van der Waals surface area contributed by atoms with Crippen molar-refractivity contribution in [2.75, 3.05) is 7.05 Å². The molecule has 52 valence electrons. The van der Waals surface area contributed by atoms with E-state index in [-0.39, 0.29) is 0 Å². The summed E-state index contributed by atoms with van der Waals surface area (Å²) in [6.45, 7) is 6.01. The van der Waals surface area contributed by atoms with Gasteiger partial charge in [0.25, 0.3) is 0 Å². The van der Waals surface area contributed by atoms with Gasteiger partial charge in [0.15, 0.2) is 0 Å². The van der Waals surface area contributed by atoms with Crippen LogP contribution in [0.5, 0.6) is 0 Å². The summed E-state index contributed by atoms with van der Waals surface area (Å²) >= 11 is 0. The monoisotopic (exact) mass is 125 g/mol. The first-order chi connectivity index (χ1) is 4.31. The van der Waals surface area contributed by atoms with E-state index >= 15 is 0 Å². The first-order valence-corrected chi connectivity index (χ1v) is 3.41. The topological polar surface area (TPSA) is 12.4 Å². The molecule has 1 heteroatoms. The van der Waals surface area contributed by atoms with Gasteiger partial charge in [-0.15, -0.1) is 0 Å². The Morgan fingerprint density at radius 3 is 2.78 bits per heavy atom. The van der Waals surface area contributed by atoms with Crippen molar-refractivity contribution in [3.8, 4) is 0 Å². The van der Waals surface area contributed by atoms with Crippen molar-refractivity contribution >= 4 is 6.21 Å². The van der Waals surface area contributed by atoms with E-state index in [0.29, 0.717) is 0 Å². The molecule has 1 nitrogen and oxygen atoms in total. The molecule has 0 aliphatic rings. The van der Waals surface area contributed by atoms with Crippen LogP contribution in [0.4, 0.5) is 0 Å². The molecule has 0 radical (unpaired) electrons. The smallest absolute Gasteiger partial charge is 0.0277 e. The zero-order valence-electron chi connectivity index (χ0n) is 6.35. The normalized spacial score (nSPS) is 10.4. The number of aliphatic imine (C=N–C) groups is 1. The molecule has 0 heterocycles. The lowest BCUT2D eigenvalue weighted by Crippen LogP contribution is -1.81. The van der Waals surface area contributed by atoms with Crippen LogP contribution in [0.2, 0.25) is 0 Å². The van der Waals surface area contributed by atoms with E-state index in [1.165, 1.54) is 12.8 Å². The maximum atomic E-state index is 3.86. The van der Waals surface area contributed by atoms with E-state index in [1.807, 2.05) is 6.21 Å². The lowest BCUT2D eigenvalue weighted by atomic mass is 10.1. The molecule has 0 aliphatic heterocycles. The molecule has 0 N–H and O–H groups in total. The van der Waals surface area contributed by atoms with Crippen molar-refractivity contribution in [2.24, 2.45) is 4.99 Å². The van der Waals surface area contributed by atoms with Crippen LogP contribution in [0.3, 0.4) is 0 Å². The first-order valence-electron chi connectivity index (χ1n) is 3.41. The van der Waals surface area contributed by atoms with Crippen molar-refractivity contribution in [1.82, 2.24) is 0 Å². The van der Waals surface area contributed by atoms with Crippen LogP contribution >= 0.6 is 0 Å². The number of allylic oxidation sites excluding steroid dienone is 1. The number of hydrogen-bond acceptors (Lipinski definition) is 1. The lowest BCUT2D eigenvalue weighted by molar-refractivity contribution is 0.806. The second-order valence-corrected chi connectivity index (χ2v) is 2.15. The van der Waals surface area contributed by atoms with Gasteiger partial charge in [-0.2, -0.15) is 0 Å². The fourth-order valence-electron chi connectivity index (χ4n) is 0.651. The highest BCUT2D eigenvalue weighted by atomic mass is 14.6. The van der Waals surface area contributed by atoms with Crippen LogP contribution in [0.1, 0.15) is 26.2 Å². The molecule has 0 aromatic heterocycles. The van der Waals surface area contributed by atoms with Gasteiger partial charge in [-0.25, -0.2) is 0 Å². The molecule has 0 saturated carbocycles. The molecular weight excluding hydrogens is 110 g/mol. The van der Waals surface area contributed by atoms with E-state index in [9.17, 15) is 0 Å². The molecule has 0 aromatic rings. The minimum absolute atomic E-state index is 1.09. The molecule has 9 heavy (non-hydrogen) atoms. The van der Waals surface area contributed by atoms with Crippen molar-refractivity contribution in [2.45, 2.75) is 26.2 Å². The molecule has 0 rings (SSSR count).